The maximum atomic E-state index is 11.9. The molecule has 2 heterocycles. The van der Waals surface area contributed by atoms with Gasteiger partial charge in [0.1, 0.15) is 18.0 Å². The molecule has 0 aliphatic carbocycles. The molecule has 0 unspecified atom stereocenters. The molecule has 1 atom stereocenters. The Balaban J connectivity index is 1.80. The Morgan fingerprint density at radius 3 is 2.39 bits per heavy atom. The third kappa shape index (κ3) is 2.83. The summed E-state index contributed by atoms with van der Waals surface area (Å²) in [5.41, 5.74) is -0.619. The van der Waals surface area contributed by atoms with Gasteiger partial charge in [-0.15, -0.1) is 0 Å². The molecular weight excluding hydrogens is 234 g/mol. The quantitative estimate of drug-likeness (QED) is 0.670. The fourth-order valence-corrected chi connectivity index (χ4v) is 2.50. The lowest BCUT2D eigenvalue weighted by molar-refractivity contribution is -0.214. The molecule has 2 aliphatic rings. The lowest BCUT2D eigenvalue weighted by atomic mass is 9.81. The van der Waals surface area contributed by atoms with E-state index >= 15 is 0 Å². The van der Waals surface area contributed by atoms with Gasteiger partial charge in [-0.05, 0) is 33.6 Å². The Morgan fingerprint density at radius 2 is 1.94 bits per heavy atom. The molecule has 18 heavy (non-hydrogen) atoms. The third-order valence-electron chi connectivity index (χ3n) is 3.45. The number of hydrogen-bond acceptors (Lipinski definition) is 4. The van der Waals surface area contributed by atoms with Crippen molar-refractivity contribution in [2.45, 2.75) is 57.3 Å². The molecular formula is C13H21NO4. The molecule has 0 aromatic heterocycles. The topological polar surface area (TPSA) is 55.8 Å². The van der Waals surface area contributed by atoms with E-state index < -0.39 is 5.60 Å². The first kappa shape index (κ1) is 13.3. The first-order valence-electron chi connectivity index (χ1n) is 6.45. The Kier molecular flexibility index (Phi) is 3.36. The van der Waals surface area contributed by atoms with Gasteiger partial charge in [0.2, 0.25) is 0 Å². The van der Waals surface area contributed by atoms with Crippen LogP contribution in [0.4, 0.5) is 4.79 Å². The predicted molar refractivity (Wildman–Crippen MR) is 65.3 cm³/mol. The second kappa shape index (κ2) is 4.53. The molecule has 1 amide bonds. The number of likely N-dealkylation sites (tertiary alicyclic amines) is 1. The van der Waals surface area contributed by atoms with E-state index in [2.05, 4.69) is 0 Å². The minimum absolute atomic E-state index is 0.163. The van der Waals surface area contributed by atoms with Crippen molar-refractivity contribution in [3.63, 3.8) is 0 Å². The monoisotopic (exact) mass is 255 g/mol. The summed E-state index contributed by atoms with van der Waals surface area (Å²) < 4.78 is 10.9. The summed E-state index contributed by atoms with van der Waals surface area (Å²) in [6, 6.07) is 0. The summed E-state index contributed by atoms with van der Waals surface area (Å²) in [4.78, 5) is 24.1. The molecule has 0 radical (unpaired) electrons. The maximum Gasteiger partial charge on any atom is 0.410 e. The van der Waals surface area contributed by atoms with Crippen molar-refractivity contribution in [2.24, 2.45) is 0 Å². The molecule has 2 aliphatic heterocycles. The van der Waals surface area contributed by atoms with Crippen molar-refractivity contribution in [1.29, 1.82) is 0 Å². The van der Waals surface area contributed by atoms with Crippen LogP contribution in [0.15, 0.2) is 0 Å². The molecule has 0 N–H and O–H groups in total. The average Bonchev–Trinajstić information content (AvgIpc) is 2.23. The van der Waals surface area contributed by atoms with Crippen molar-refractivity contribution >= 4 is 12.4 Å². The van der Waals surface area contributed by atoms with E-state index in [0.29, 0.717) is 13.1 Å². The van der Waals surface area contributed by atoms with E-state index in [1.54, 1.807) is 4.90 Å². The lowest BCUT2D eigenvalue weighted by Gasteiger charge is -2.50. The van der Waals surface area contributed by atoms with E-state index in [0.717, 1.165) is 25.5 Å². The van der Waals surface area contributed by atoms with Crippen LogP contribution in [0.3, 0.4) is 0 Å². The lowest BCUT2D eigenvalue weighted by Crippen LogP contribution is -2.58. The highest BCUT2D eigenvalue weighted by Crippen LogP contribution is 2.40. The SMILES string of the molecule is CC(C)(C)OC(=O)N1CCC2(CC1)C[C@H](C=O)O2. The molecule has 5 nitrogen and oxygen atoms in total. The van der Waals surface area contributed by atoms with Crippen LogP contribution >= 0.6 is 0 Å². The maximum absolute atomic E-state index is 11.9. The number of piperidine rings is 1. The van der Waals surface area contributed by atoms with Gasteiger partial charge in [-0.3, -0.25) is 0 Å². The van der Waals surface area contributed by atoms with Crippen molar-refractivity contribution in [2.75, 3.05) is 13.1 Å². The van der Waals surface area contributed by atoms with Gasteiger partial charge in [-0.2, -0.15) is 0 Å². The minimum Gasteiger partial charge on any atom is -0.444 e. The Bertz CT molecular complexity index is 331. The van der Waals surface area contributed by atoms with E-state index in [1.807, 2.05) is 20.8 Å². The van der Waals surface area contributed by atoms with Crippen LogP contribution in [0.5, 0.6) is 0 Å². The second-order valence-electron chi connectivity index (χ2n) is 6.15. The van der Waals surface area contributed by atoms with E-state index in [4.69, 9.17) is 9.47 Å². The Hall–Kier alpha value is -1.10. The summed E-state index contributed by atoms with van der Waals surface area (Å²) in [5, 5.41) is 0. The van der Waals surface area contributed by atoms with Gasteiger partial charge >= 0.3 is 6.09 Å². The van der Waals surface area contributed by atoms with Gasteiger partial charge in [0.15, 0.2) is 0 Å². The number of aldehydes is 1. The number of nitrogens with zero attached hydrogens (tertiary/aromatic N) is 1. The Labute approximate surface area is 107 Å². The molecule has 0 aromatic rings. The first-order valence-corrected chi connectivity index (χ1v) is 6.45. The molecule has 2 saturated heterocycles. The average molecular weight is 255 g/mol. The van der Waals surface area contributed by atoms with Crippen LogP contribution in [-0.2, 0) is 14.3 Å². The van der Waals surface area contributed by atoms with Crippen molar-refractivity contribution in [3.8, 4) is 0 Å². The number of rotatable bonds is 1. The van der Waals surface area contributed by atoms with Gasteiger partial charge in [0.05, 0.1) is 5.60 Å². The highest BCUT2D eigenvalue weighted by Gasteiger charge is 2.48. The fraction of sp³-hybridized carbons (Fsp3) is 0.846. The van der Waals surface area contributed by atoms with Crippen LogP contribution in [-0.4, -0.2) is 47.7 Å². The van der Waals surface area contributed by atoms with Crippen molar-refractivity contribution < 1.29 is 19.1 Å². The minimum atomic E-state index is -0.457. The normalized spacial score (nSPS) is 26.6. The zero-order chi connectivity index (χ0) is 13.4. The van der Waals surface area contributed by atoms with Crippen molar-refractivity contribution in [1.82, 2.24) is 4.90 Å². The largest absolute Gasteiger partial charge is 0.444 e. The molecule has 1 spiro atoms. The van der Waals surface area contributed by atoms with Gasteiger partial charge in [0.25, 0.3) is 0 Å². The molecule has 102 valence electrons. The fourth-order valence-electron chi connectivity index (χ4n) is 2.50. The molecule has 2 fully saturated rings. The number of carbonyl (C=O) groups excluding carboxylic acids is 2. The van der Waals surface area contributed by atoms with Gasteiger partial charge in [0, 0.05) is 19.5 Å². The molecule has 2 rings (SSSR count). The Morgan fingerprint density at radius 1 is 1.39 bits per heavy atom. The van der Waals surface area contributed by atoms with Crippen LogP contribution < -0.4 is 0 Å². The standard InChI is InChI=1S/C13H21NO4/c1-12(2,3)18-11(16)14-6-4-13(5-7-14)8-10(9-15)17-13/h9-10H,4-8H2,1-3H3/t10-/m1/s1. The molecule has 0 saturated carbocycles. The van der Waals surface area contributed by atoms with Crippen LogP contribution in [0, 0.1) is 0 Å². The number of hydrogen-bond donors (Lipinski definition) is 0. The van der Waals surface area contributed by atoms with Gasteiger partial charge < -0.3 is 19.2 Å². The second-order valence-corrected chi connectivity index (χ2v) is 6.15. The first-order chi connectivity index (χ1) is 8.34. The zero-order valence-electron chi connectivity index (χ0n) is 11.3. The van der Waals surface area contributed by atoms with E-state index in [1.165, 1.54) is 0 Å². The van der Waals surface area contributed by atoms with E-state index in [-0.39, 0.29) is 17.8 Å². The highest BCUT2D eigenvalue weighted by molar-refractivity contribution is 5.68. The van der Waals surface area contributed by atoms with E-state index in [9.17, 15) is 9.59 Å². The highest BCUT2D eigenvalue weighted by atomic mass is 16.6. The van der Waals surface area contributed by atoms with Gasteiger partial charge in [-0.25, -0.2) is 4.79 Å². The smallest absolute Gasteiger partial charge is 0.410 e. The van der Waals surface area contributed by atoms with Crippen molar-refractivity contribution in [3.05, 3.63) is 0 Å². The molecule has 0 bridgehead atoms. The summed E-state index contributed by atoms with van der Waals surface area (Å²) in [6.07, 6.45) is 2.72. The predicted octanol–water partition coefficient (Wildman–Crippen LogP) is 1.74. The van der Waals surface area contributed by atoms with Crippen LogP contribution in [0.25, 0.3) is 0 Å². The summed E-state index contributed by atoms with van der Waals surface area (Å²) in [7, 11) is 0. The number of ether oxygens (including phenoxy) is 2. The summed E-state index contributed by atoms with van der Waals surface area (Å²) in [5.74, 6) is 0. The molecule has 0 aromatic carbocycles. The number of carbonyl (C=O) groups is 2. The zero-order valence-corrected chi connectivity index (χ0v) is 11.3. The molecule has 5 heteroatoms. The van der Waals surface area contributed by atoms with Crippen LogP contribution in [0.1, 0.15) is 40.0 Å². The van der Waals surface area contributed by atoms with Crippen LogP contribution in [0.2, 0.25) is 0 Å². The van der Waals surface area contributed by atoms with Gasteiger partial charge in [-0.1, -0.05) is 0 Å². The summed E-state index contributed by atoms with van der Waals surface area (Å²) in [6.45, 7) is 6.86. The number of amides is 1. The summed E-state index contributed by atoms with van der Waals surface area (Å²) >= 11 is 0. The third-order valence-corrected chi connectivity index (χ3v) is 3.45.